The van der Waals surface area contributed by atoms with Crippen molar-refractivity contribution in [2.75, 3.05) is 13.2 Å². The number of para-hydroxylation sites is 2. The number of H-pyrrole nitrogens is 2. The predicted molar refractivity (Wildman–Crippen MR) is 228 cm³/mol. The van der Waals surface area contributed by atoms with E-state index in [1.165, 1.54) is 22.7 Å². The van der Waals surface area contributed by atoms with Crippen LogP contribution in [-0.2, 0) is 4.74 Å². The summed E-state index contributed by atoms with van der Waals surface area (Å²) in [5.74, 6) is 2.66. The van der Waals surface area contributed by atoms with Gasteiger partial charge in [-0.05, 0) is 84.0 Å². The minimum absolute atomic E-state index is 0.436. The van der Waals surface area contributed by atoms with Gasteiger partial charge in [0.25, 0.3) is 0 Å². The molecule has 8 rings (SSSR count). The van der Waals surface area contributed by atoms with Crippen LogP contribution in [0.1, 0.15) is 69.1 Å². The topological polar surface area (TPSA) is 123 Å². The highest BCUT2D eigenvalue weighted by molar-refractivity contribution is 7.20. The Morgan fingerprint density at radius 1 is 0.696 bits per heavy atom. The van der Waals surface area contributed by atoms with Crippen LogP contribution in [0.5, 0.6) is 5.75 Å². The summed E-state index contributed by atoms with van der Waals surface area (Å²) >= 11 is 2.99. The summed E-state index contributed by atoms with van der Waals surface area (Å²) in [4.78, 5) is 17.3. The van der Waals surface area contributed by atoms with Crippen molar-refractivity contribution >= 4 is 70.6 Å². The van der Waals surface area contributed by atoms with Crippen LogP contribution in [-0.4, -0.2) is 33.1 Å². The molecule has 0 bridgehead atoms. The smallest absolute Gasteiger partial charge is 0.137 e. The fourth-order valence-corrected chi connectivity index (χ4v) is 8.78. The molecule has 1 aliphatic carbocycles. The molecule has 4 heterocycles. The van der Waals surface area contributed by atoms with Gasteiger partial charge in [-0.1, -0.05) is 70.9 Å². The monoisotopic (exact) mass is 774 g/mol. The van der Waals surface area contributed by atoms with Crippen molar-refractivity contribution in [3.05, 3.63) is 117 Å². The molecule has 2 unspecified atom stereocenters. The summed E-state index contributed by atoms with van der Waals surface area (Å²) in [7, 11) is 0. The minimum atomic E-state index is 0.436. The average molecular weight is 775 g/mol. The molecule has 3 aromatic carbocycles. The lowest BCUT2D eigenvalue weighted by atomic mass is 9.98. The maximum absolute atomic E-state index is 11.0. The summed E-state index contributed by atoms with van der Waals surface area (Å²) in [6.45, 7) is 10.0. The molecule has 280 valence electrons. The van der Waals surface area contributed by atoms with Crippen LogP contribution in [0.3, 0.4) is 0 Å². The van der Waals surface area contributed by atoms with Gasteiger partial charge in [0.2, 0.25) is 0 Å². The summed E-state index contributed by atoms with van der Waals surface area (Å²) < 4.78 is 14.3. The molecule has 2 atom stereocenters. The Morgan fingerprint density at radius 3 is 1.75 bits per heavy atom. The third kappa shape index (κ3) is 7.14. The highest BCUT2D eigenvalue weighted by Gasteiger charge is 2.25. The van der Waals surface area contributed by atoms with Crippen molar-refractivity contribution in [1.29, 1.82) is 10.5 Å². The van der Waals surface area contributed by atoms with Gasteiger partial charge in [-0.15, -0.1) is 22.7 Å². The standard InChI is InChI=1S/C46H42N6O2S2/c1-5-27(3)25-53-31-19-15-29(16-20-31)41-39-40(44(51-41)34(24-48)46-50-36-12-8-10-14-38(36)56-46)42(30-17-21-32(22-18-30)54-26-28(4)6-2)52-43(39)33(23-47)45-49-35-11-7-9-13-37(35)55-45/h7-17,19-21,27-28,51-52H,5-6,18,22,25-26H2,1-4H3/b43-33-,44-34-. The number of rotatable bonds is 12. The molecule has 0 saturated heterocycles. The van der Waals surface area contributed by atoms with Crippen LogP contribution in [0.4, 0.5) is 0 Å². The van der Waals surface area contributed by atoms with Gasteiger partial charge in [-0.3, -0.25) is 0 Å². The van der Waals surface area contributed by atoms with Crippen LogP contribution >= 0.6 is 22.7 Å². The predicted octanol–water partition coefficient (Wildman–Crippen LogP) is 10.4. The molecule has 7 aromatic rings. The van der Waals surface area contributed by atoms with Gasteiger partial charge in [-0.2, -0.15) is 10.5 Å². The number of hydrogen-bond acceptors (Lipinski definition) is 8. The average Bonchev–Trinajstić information content (AvgIpc) is 4.03. The minimum Gasteiger partial charge on any atom is -0.498 e. The second kappa shape index (κ2) is 16.0. The molecule has 0 amide bonds. The first-order chi connectivity index (χ1) is 27.4. The van der Waals surface area contributed by atoms with Crippen LogP contribution in [0, 0.1) is 34.5 Å². The number of aromatic nitrogens is 4. The van der Waals surface area contributed by atoms with E-state index in [1.807, 2.05) is 72.8 Å². The van der Waals surface area contributed by atoms with Crippen molar-refractivity contribution in [3.63, 3.8) is 0 Å². The molecule has 4 aromatic heterocycles. The Bertz CT molecular complexity index is 2690. The Kier molecular flexibility index (Phi) is 10.6. The molecule has 8 nitrogen and oxygen atoms in total. The highest BCUT2D eigenvalue weighted by Crippen LogP contribution is 2.36. The van der Waals surface area contributed by atoms with E-state index >= 15 is 0 Å². The molecule has 10 heteroatoms. The van der Waals surface area contributed by atoms with Gasteiger partial charge in [0, 0.05) is 17.2 Å². The van der Waals surface area contributed by atoms with Crippen molar-refractivity contribution in [3.8, 4) is 29.1 Å². The second-order valence-corrected chi connectivity index (χ2v) is 16.5. The van der Waals surface area contributed by atoms with Gasteiger partial charge < -0.3 is 19.4 Å². The number of nitrogens with one attached hydrogen (secondary N) is 2. The Balaban J connectivity index is 1.43. The second-order valence-electron chi connectivity index (χ2n) is 14.4. The third-order valence-electron chi connectivity index (χ3n) is 10.5. The SMILES string of the molecule is CCC(C)COC1=CC=C(c2[nH]/c(=C(/C#N)c3nc4ccccc4s3)c3c(-c4ccc(OCC(C)CC)cc4)[nH]/c(=C(/C#N)c4nc5ccccc5s4)c23)CC1. The number of aromatic amines is 2. The van der Waals surface area contributed by atoms with E-state index in [1.54, 1.807) is 0 Å². The molecule has 1 aliphatic rings. The lowest BCUT2D eigenvalue weighted by Crippen LogP contribution is -2.12. The first kappa shape index (κ1) is 37.0. The highest BCUT2D eigenvalue weighted by atomic mass is 32.1. The molecule has 2 N–H and O–H groups in total. The molecular formula is C46H42N6O2S2. The lowest BCUT2D eigenvalue weighted by Gasteiger charge is -2.17. The Hall–Kier alpha value is -5.94. The zero-order valence-corrected chi connectivity index (χ0v) is 33.5. The van der Waals surface area contributed by atoms with Crippen molar-refractivity contribution in [2.24, 2.45) is 11.8 Å². The van der Waals surface area contributed by atoms with Crippen molar-refractivity contribution in [1.82, 2.24) is 19.9 Å². The van der Waals surface area contributed by atoms with Crippen LogP contribution in [0.25, 0.3) is 59.2 Å². The molecule has 0 aliphatic heterocycles. The van der Waals surface area contributed by atoms with E-state index in [9.17, 15) is 10.5 Å². The summed E-state index contributed by atoms with van der Waals surface area (Å²) in [6, 6.07) is 29.0. The van der Waals surface area contributed by atoms with Crippen molar-refractivity contribution in [2.45, 2.75) is 53.4 Å². The quantitative estimate of drug-likeness (QED) is 0.127. The normalized spacial score (nSPS) is 15.2. The molecule has 0 fully saturated rings. The van der Waals surface area contributed by atoms with E-state index < -0.39 is 0 Å². The molecule has 56 heavy (non-hydrogen) atoms. The number of hydrogen-bond donors (Lipinski definition) is 2. The van der Waals surface area contributed by atoms with E-state index in [4.69, 9.17) is 19.4 Å². The van der Waals surface area contributed by atoms with E-state index in [2.05, 4.69) is 62.0 Å². The van der Waals surface area contributed by atoms with E-state index in [0.717, 1.165) is 90.9 Å². The summed E-state index contributed by atoms with van der Waals surface area (Å²) in [5.41, 5.74) is 6.14. The van der Waals surface area contributed by atoms with Crippen LogP contribution < -0.4 is 15.4 Å². The fraction of sp³-hybridized carbons (Fsp3) is 0.261. The largest absolute Gasteiger partial charge is 0.498 e. The van der Waals surface area contributed by atoms with Gasteiger partial charge >= 0.3 is 0 Å². The zero-order chi connectivity index (χ0) is 38.8. The first-order valence-electron chi connectivity index (χ1n) is 19.2. The molecule has 0 radical (unpaired) electrons. The first-order valence-corrected chi connectivity index (χ1v) is 20.8. The number of fused-ring (bicyclic) bond motifs is 3. The molecule has 0 saturated carbocycles. The number of allylic oxidation sites excluding steroid dienone is 4. The Morgan fingerprint density at radius 2 is 1.23 bits per heavy atom. The van der Waals surface area contributed by atoms with Gasteiger partial charge in [0.1, 0.15) is 39.0 Å². The van der Waals surface area contributed by atoms with Gasteiger partial charge in [0.15, 0.2) is 0 Å². The van der Waals surface area contributed by atoms with Crippen LogP contribution in [0.2, 0.25) is 0 Å². The van der Waals surface area contributed by atoms with Gasteiger partial charge in [0.05, 0.1) is 61.5 Å². The van der Waals surface area contributed by atoms with Gasteiger partial charge in [-0.25, -0.2) is 9.97 Å². The number of nitrogens with zero attached hydrogens (tertiary/aromatic N) is 4. The van der Waals surface area contributed by atoms with E-state index in [-0.39, 0.29) is 0 Å². The Labute approximate surface area is 333 Å². The van der Waals surface area contributed by atoms with Crippen LogP contribution in [0.15, 0.2) is 90.7 Å². The third-order valence-corrected chi connectivity index (χ3v) is 12.7. The number of nitriles is 2. The summed E-state index contributed by atoms with van der Waals surface area (Å²) in [5, 5.41) is 26.1. The lowest BCUT2D eigenvalue weighted by molar-refractivity contribution is 0.162. The fourth-order valence-electron chi connectivity index (χ4n) is 6.85. The van der Waals surface area contributed by atoms with Crippen molar-refractivity contribution < 1.29 is 9.47 Å². The summed E-state index contributed by atoms with van der Waals surface area (Å²) in [6.07, 6.45) is 7.72. The number of benzene rings is 3. The molecular weight excluding hydrogens is 733 g/mol. The number of thiazole rings is 2. The zero-order valence-electron chi connectivity index (χ0n) is 31.9. The molecule has 0 spiro atoms. The maximum Gasteiger partial charge on any atom is 0.137 e. The number of ether oxygens (including phenoxy) is 2. The maximum atomic E-state index is 11.0. The van der Waals surface area contributed by atoms with E-state index in [0.29, 0.717) is 56.9 Å².